The van der Waals surface area contributed by atoms with Gasteiger partial charge in [-0.1, -0.05) is 19.1 Å². The van der Waals surface area contributed by atoms with Crippen LogP contribution in [-0.2, 0) is 13.1 Å². The number of nitrogens with one attached hydrogen (secondary N) is 1. The van der Waals surface area contributed by atoms with Gasteiger partial charge in [0.05, 0.1) is 13.2 Å². The second kappa shape index (κ2) is 8.39. The minimum absolute atomic E-state index is 0.184. The van der Waals surface area contributed by atoms with Gasteiger partial charge in [0.25, 0.3) is 0 Å². The average molecular weight is 300 g/mol. The topological polar surface area (TPSA) is 43.4 Å². The number of pyridine rings is 1. The lowest BCUT2D eigenvalue weighted by molar-refractivity contribution is 0.207. The Bertz CT molecular complexity index is 573. The first-order valence-corrected chi connectivity index (χ1v) is 7.66. The third-order valence-corrected chi connectivity index (χ3v) is 3.51. The molecule has 1 aromatic carbocycles. The number of ether oxygens (including phenoxy) is 2. The minimum atomic E-state index is 0.184. The molecule has 0 fully saturated rings. The molecule has 0 aliphatic rings. The predicted octanol–water partition coefficient (Wildman–Crippen LogP) is 3.56. The molecule has 1 unspecified atom stereocenters. The SMILES string of the molecule is CCC(C)Oc1ccc(CNCc2cccnc2)cc1OC. The van der Waals surface area contributed by atoms with E-state index in [0.29, 0.717) is 0 Å². The monoisotopic (exact) mass is 300 g/mol. The summed E-state index contributed by atoms with van der Waals surface area (Å²) in [7, 11) is 1.67. The number of hydrogen-bond acceptors (Lipinski definition) is 4. The van der Waals surface area contributed by atoms with Gasteiger partial charge >= 0.3 is 0 Å². The molecule has 22 heavy (non-hydrogen) atoms. The summed E-state index contributed by atoms with van der Waals surface area (Å²) in [6.45, 7) is 5.73. The molecule has 118 valence electrons. The molecule has 0 saturated heterocycles. The van der Waals surface area contributed by atoms with E-state index in [0.717, 1.165) is 36.6 Å². The molecular weight excluding hydrogens is 276 g/mol. The molecule has 1 heterocycles. The van der Waals surface area contributed by atoms with Gasteiger partial charge in [0, 0.05) is 25.5 Å². The summed E-state index contributed by atoms with van der Waals surface area (Å²) in [5.41, 5.74) is 2.34. The second-order valence-corrected chi connectivity index (χ2v) is 5.29. The van der Waals surface area contributed by atoms with E-state index in [1.807, 2.05) is 24.4 Å². The van der Waals surface area contributed by atoms with Crippen LogP contribution in [0.1, 0.15) is 31.4 Å². The Morgan fingerprint density at radius 1 is 1.14 bits per heavy atom. The molecule has 1 aromatic heterocycles. The van der Waals surface area contributed by atoms with Crippen LogP contribution in [0.25, 0.3) is 0 Å². The molecule has 2 rings (SSSR count). The molecule has 2 aromatic rings. The first kappa shape index (κ1) is 16.3. The van der Waals surface area contributed by atoms with Crippen molar-refractivity contribution in [1.82, 2.24) is 10.3 Å². The van der Waals surface area contributed by atoms with Crippen LogP contribution in [0.5, 0.6) is 11.5 Å². The second-order valence-electron chi connectivity index (χ2n) is 5.29. The van der Waals surface area contributed by atoms with Crippen molar-refractivity contribution in [1.29, 1.82) is 0 Å². The molecule has 1 atom stereocenters. The first-order valence-electron chi connectivity index (χ1n) is 7.66. The lowest BCUT2D eigenvalue weighted by atomic mass is 10.2. The summed E-state index contributed by atoms with van der Waals surface area (Å²) in [5, 5.41) is 3.40. The lowest BCUT2D eigenvalue weighted by Gasteiger charge is -2.16. The third kappa shape index (κ3) is 4.74. The van der Waals surface area contributed by atoms with Gasteiger partial charge in [0.15, 0.2) is 11.5 Å². The number of benzene rings is 1. The summed E-state index contributed by atoms with van der Waals surface area (Å²) in [4.78, 5) is 4.11. The Hall–Kier alpha value is -2.07. The largest absolute Gasteiger partial charge is 0.493 e. The zero-order valence-electron chi connectivity index (χ0n) is 13.5. The van der Waals surface area contributed by atoms with Gasteiger partial charge in [0.2, 0.25) is 0 Å². The molecular formula is C18H24N2O2. The van der Waals surface area contributed by atoms with Crippen LogP contribution in [0.4, 0.5) is 0 Å². The normalized spacial score (nSPS) is 12.0. The lowest BCUT2D eigenvalue weighted by Crippen LogP contribution is -2.13. The molecule has 0 radical (unpaired) electrons. The number of methoxy groups -OCH3 is 1. The van der Waals surface area contributed by atoms with Crippen molar-refractivity contribution in [2.24, 2.45) is 0 Å². The van der Waals surface area contributed by atoms with Crippen LogP contribution in [0.3, 0.4) is 0 Å². The van der Waals surface area contributed by atoms with Crippen molar-refractivity contribution in [2.75, 3.05) is 7.11 Å². The fourth-order valence-electron chi connectivity index (χ4n) is 2.07. The molecule has 0 bridgehead atoms. The van der Waals surface area contributed by atoms with Crippen LogP contribution in [0.2, 0.25) is 0 Å². The van der Waals surface area contributed by atoms with E-state index < -0.39 is 0 Å². The Morgan fingerprint density at radius 3 is 2.64 bits per heavy atom. The summed E-state index contributed by atoms with van der Waals surface area (Å²) in [6.07, 6.45) is 4.81. The molecule has 0 aliphatic carbocycles. The van der Waals surface area contributed by atoms with Crippen LogP contribution in [0.15, 0.2) is 42.7 Å². The molecule has 4 nitrogen and oxygen atoms in total. The predicted molar refractivity (Wildman–Crippen MR) is 88.2 cm³/mol. The molecule has 1 N–H and O–H groups in total. The maximum atomic E-state index is 5.86. The van der Waals surface area contributed by atoms with Crippen LogP contribution in [0, 0.1) is 0 Å². The highest BCUT2D eigenvalue weighted by Crippen LogP contribution is 2.29. The minimum Gasteiger partial charge on any atom is -0.493 e. The highest BCUT2D eigenvalue weighted by molar-refractivity contribution is 5.43. The summed E-state index contributed by atoms with van der Waals surface area (Å²) in [5.74, 6) is 1.58. The fraction of sp³-hybridized carbons (Fsp3) is 0.389. The van der Waals surface area contributed by atoms with Crippen LogP contribution >= 0.6 is 0 Å². The third-order valence-electron chi connectivity index (χ3n) is 3.51. The van der Waals surface area contributed by atoms with E-state index in [4.69, 9.17) is 9.47 Å². The fourth-order valence-corrected chi connectivity index (χ4v) is 2.07. The van der Waals surface area contributed by atoms with Gasteiger partial charge in [-0.05, 0) is 42.7 Å². The first-order chi connectivity index (χ1) is 10.7. The smallest absolute Gasteiger partial charge is 0.161 e. The van der Waals surface area contributed by atoms with E-state index in [1.165, 1.54) is 5.56 Å². The summed E-state index contributed by atoms with van der Waals surface area (Å²) < 4.78 is 11.3. The standard InChI is InChI=1S/C18H24N2O2/c1-4-14(2)22-17-8-7-15(10-18(17)21-3)11-20-13-16-6-5-9-19-12-16/h5-10,12,14,20H,4,11,13H2,1-3H3. The average Bonchev–Trinajstić information content (AvgIpc) is 2.56. The van der Waals surface area contributed by atoms with Gasteiger partial charge in [-0.25, -0.2) is 0 Å². The summed E-state index contributed by atoms with van der Waals surface area (Å²) >= 11 is 0. The van der Waals surface area contributed by atoms with Crippen molar-refractivity contribution in [3.8, 4) is 11.5 Å². The zero-order chi connectivity index (χ0) is 15.8. The number of hydrogen-bond donors (Lipinski definition) is 1. The van der Waals surface area contributed by atoms with Gasteiger partial charge in [0.1, 0.15) is 0 Å². The van der Waals surface area contributed by atoms with Crippen molar-refractivity contribution in [2.45, 2.75) is 39.5 Å². The van der Waals surface area contributed by atoms with Gasteiger partial charge < -0.3 is 14.8 Å². The number of aromatic nitrogens is 1. The van der Waals surface area contributed by atoms with Crippen molar-refractivity contribution < 1.29 is 9.47 Å². The summed E-state index contributed by atoms with van der Waals surface area (Å²) in [6, 6.07) is 10.1. The van der Waals surface area contributed by atoms with Gasteiger partial charge in [-0.15, -0.1) is 0 Å². The molecule has 0 aliphatic heterocycles. The molecule has 0 amide bonds. The maximum Gasteiger partial charge on any atom is 0.161 e. The van der Waals surface area contributed by atoms with Crippen molar-refractivity contribution in [3.63, 3.8) is 0 Å². The van der Waals surface area contributed by atoms with Crippen molar-refractivity contribution >= 4 is 0 Å². The Labute approximate surface area is 132 Å². The highest BCUT2D eigenvalue weighted by Gasteiger charge is 2.08. The van der Waals surface area contributed by atoms with E-state index in [1.54, 1.807) is 13.3 Å². The molecule has 0 spiro atoms. The quantitative estimate of drug-likeness (QED) is 0.809. The molecule has 4 heteroatoms. The van der Waals surface area contributed by atoms with Crippen LogP contribution in [-0.4, -0.2) is 18.2 Å². The van der Waals surface area contributed by atoms with E-state index in [2.05, 4.69) is 36.3 Å². The van der Waals surface area contributed by atoms with E-state index in [-0.39, 0.29) is 6.10 Å². The van der Waals surface area contributed by atoms with Gasteiger partial charge in [-0.2, -0.15) is 0 Å². The zero-order valence-corrected chi connectivity index (χ0v) is 13.5. The van der Waals surface area contributed by atoms with Crippen LogP contribution < -0.4 is 14.8 Å². The highest BCUT2D eigenvalue weighted by atomic mass is 16.5. The van der Waals surface area contributed by atoms with Gasteiger partial charge in [-0.3, -0.25) is 4.98 Å². The molecule has 0 saturated carbocycles. The van der Waals surface area contributed by atoms with E-state index >= 15 is 0 Å². The van der Waals surface area contributed by atoms with Crippen molar-refractivity contribution in [3.05, 3.63) is 53.9 Å². The number of nitrogens with zero attached hydrogens (tertiary/aromatic N) is 1. The van der Waals surface area contributed by atoms with E-state index in [9.17, 15) is 0 Å². The maximum absolute atomic E-state index is 5.86. The Kier molecular flexibility index (Phi) is 6.22. The Morgan fingerprint density at radius 2 is 1.95 bits per heavy atom. The Balaban J connectivity index is 1.94. The number of rotatable bonds is 8.